The summed E-state index contributed by atoms with van der Waals surface area (Å²) in [6, 6.07) is 4.00. The molecule has 0 saturated heterocycles. The van der Waals surface area contributed by atoms with Crippen LogP contribution in [0.3, 0.4) is 0 Å². The molecule has 0 aromatic heterocycles. The van der Waals surface area contributed by atoms with Gasteiger partial charge < -0.3 is 20.1 Å². The lowest BCUT2D eigenvalue weighted by molar-refractivity contribution is -0.146. The van der Waals surface area contributed by atoms with Crippen LogP contribution in [0, 0.1) is 0 Å². The second-order valence-corrected chi connectivity index (χ2v) is 3.63. The first kappa shape index (κ1) is 12.3. The van der Waals surface area contributed by atoms with E-state index in [2.05, 4.69) is 0 Å². The van der Waals surface area contributed by atoms with Gasteiger partial charge in [0, 0.05) is 0 Å². The number of carbonyl (C=O) groups is 1. The number of benzene rings is 1. The molecule has 0 fully saturated rings. The number of rotatable bonds is 4. The molecule has 0 heterocycles. The third-order valence-corrected chi connectivity index (χ3v) is 1.90. The number of ether oxygens (including phenoxy) is 1. The smallest absolute Gasteiger partial charge is 0.337 e. The highest BCUT2D eigenvalue weighted by Crippen LogP contribution is 2.30. The van der Waals surface area contributed by atoms with Crippen LogP contribution in [0.15, 0.2) is 18.2 Å². The van der Waals surface area contributed by atoms with Gasteiger partial charge in [-0.2, -0.15) is 0 Å². The van der Waals surface area contributed by atoms with Gasteiger partial charge in [-0.05, 0) is 31.5 Å². The van der Waals surface area contributed by atoms with Crippen molar-refractivity contribution in [2.45, 2.75) is 26.1 Å². The van der Waals surface area contributed by atoms with Gasteiger partial charge in [-0.25, -0.2) is 4.79 Å². The summed E-state index contributed by atoms with van der Waals surface area (Å²) in [4.78, 5) is 10.5. The Labute approximate surface area is 92.9 Å². The molecular formula is C11H14O5. The quantitative estimate of drug-likeness (QED) is 0.720. The zero-order valence-corrected chi connectivity index (χ0v) is 9.04. The SMILES string of the molecule is CC(C)Oc1ccc([C@@H](O)C(=O)O)cc1O. The minimum atomic E-state index is -1.64. The normalized spacial score (nSPS) is 12.5. The van der Waals surface area contributed by atoms with Crippen molar-refractivity contribution in [2.24, 2.45) is 0 Å². The maximum absolute atomic E-state index is 10.5. The molecule has 0 aliphatic heterocycles. The van der Waals surface area contributed by atoms with Crippen LogP contribution in [0.25, 0.3) is 0 Å². The van der Waals surface area contributed by atoms with Crippen LogP contribution in [0.5, 0.6) is 11.5 Å². The molecule has 0 spiro atoms. The second kappa shape index (κ2) is 4.85. The molecule has 0 amide bonds. The Bertz CT molecular complexity index is 386. The number of hydrogen-bond donors (Lipinski definition) is 3. The number of aliphatic hydroxyl groups is 1. The second-order valence-electron chi connectivity index (χ2n) is 3.63. The maximum Gasteiger partial charge on any atom is 0.337 e. The van der Waals surface area contributed by atoms with E-state index in [-0.39, 0.29) is 23.2 Å². The maximum atomic E-state index is 10.5. The lowest BCUT2D eigenvalue weighted by Gasteiger charge is -2.13. The Balaban J connectivity index is 2.95. The number of carboxylic acids is 1. The van der Waals surface area contributed by atoms with Crippen molar-refractivity contribution in [1.29, 1.82) is 0 Å². The summed E-state index contributed by atoms with van der Waals surface area (Å²) in [6.45, 7) is 3.61. The largest absolute Gasteiger partial charge is 0.504 e. The topological polar surface area (TPSA) is 87.0 Å². The molecule has 5 nitrogen and oxygen atoms in total. The first-order valence-corrected chi connectivity index (χ1v) is 4.82. The fraction of sp³-hybridized carbons (Fsp3) is 0.364. The Morgan fingerprint density at radius 1 is 1.38 bits per heavy atom. The Hall–Kier alpha value is -1.75. The van der Waals surface area contributed by atoms with Gasteiger partial charge in [0.25, 0.3) is 0 Å². The fourth-order valence-electron chi connectivity index (χ4n) is 1.20. The molecule has 0 aliphatic carbocycles. The summed E-state index contributed by atoms with van der Waals surface area (Å²) in [5.41, 5.74) is 0.112. The molecule has 16 heavy (non-hydrogen) atoms. The average Bonchev–Trinajstić information content (AvgIpc) is 2.19. The van der Waals surface area contributed by atoms with Gasteiger partial charge >= 0.3 is 5.97 Å². The minimum Gasteiger partial charge on any atom is -0.504 e. The zero-order valence-electron chi connectivity index (χ0n) is 9.04. The van der Waals surface area contributed by atoms with E-state index in [1.165, 1.54) is 18.2 Å². The molecule has 5 heteroatoms. The molecule has 0 unspecified atom stereocenters. The summed E-state index contributed by atoms with van der Waals surface area (Å²) in [5.74, 6) is -1.29. The lowest BCUT2D eigenvalue weighted by atomic mass is 10.1. The molecule has 0 aliphatic rings. The van der Waals surface area contributed by atoms with Crippen molar-refractivity contribution >= 4 is 5.97 Å². The van der Waals surface area contributed by atoms with Crippen molar-refractivity contribution in [2.75, 3.05) is 0 Å². The monoisotopic (exact) mass is 226 g/mol. The summed E-state index contributed by atoms with van der Waals surface area (Å²) in [5, 5.41) is 27.4. The van der Waals surface area contributed by atoms with E-state index in [9.17, 15) is 15.0 Å². The van der Waals surface area contributed by atoms with E-state index in [0.717, 1.165) is 0 Å². The first-order chi connectivity index (χ1) is 7.41. The number of phenolic OH excluding ortho intramolecular Hbond substituents is 1. The molecule has 1 atom stereocenters. The highest BCUT2D eigenvalue weighted by Gasteiger charge is 2.17. The van der Waals surface area contributed by atoms with E-state index in [4.69, 9.17) is 9.84 Å². The van der Waals surface area contributed by atoms with Crippen LogP contribution in [-0.4, -0.2) is 27.4 Å². The average molecular weight is 226 g/mol. The van der Waals surface area contributed by atoms with E-state index >= 15 is 0 Å². The molecule has 1 aromatic carbocycles. The Kier molecular flexibility index (Phi) is 3.73. The van der Waals surface area contributed by atoms with Gasteiger partial charge in [-0.1, -0.05) is 6.07 Å². The number of aliphatic carboxylic acids is 1. The van der Waals surface area contributed by atoms with Crippen molar-refractivity contribution in [1.82, 2.24) is 0 Å². The molecule has 1 rings (SSSR count). The van der Waals surface area contributed by atoms with Crippen LogP contribution in [0.1, 0.15) is 25.5 Å². The number of aromatic hydroxyl groups is 1. The summed E-state index contributed by atoms with van der Waals surface area (Å²) in [7, 11) is 0. The van der Waals surface area contributed by atoms with Crippen molar-refractivity contribution < 1.29 is 24.9 Å². The van der Waals surface area contributed by atoms with Gasteiger partial charge in [0.1, 0.15) is 0 Å². The van der Waals surface area contributed by atoms with Crippen molar-refractivity contribution in [3.8, 4) is 11.5 Å². The molecule has 0 radical (unpaired) electrons. The minimum absolute atomic E-state index is 0.0962. The van der Waals surface area contributed by atoms with Crippen LogP contribution in [0.4, 0.5) is 0 Å². The van der Waals surface area contributed by atoms with Gasteiger partial charge in [0.15, 0.2) is 17.6 Å². The molecule has 88 valence electrons. The molecule has 0 bridgehead atoms. The zero-order chi connectivity index (χ0) is 12.3. The Morgan fingerprint density at radius 3 is 2.44 bits per heavy atom. The Morgan fingerprint density at radius 2 is 2.00 bits per heavy atom. The molecule has 1 aromatic rings. The predicted molar refractivity (Wildman–Crippen MR) is 56.5 cm³/mol. The van der Waals surface area contributed by atoms with E-state index in [1.54, 1.807) is 13.8 Å². The van der Waals surface area contributed by atoms with Crippen LogP contribution in [0.2, 0.25) is 0 Å². The highest BCUT2D eigenvalue weighted by atomic mass is 16.5. The van der Waals surface area contributed by atoms with Gasteiger partial charge in [0.05, 0.1) is 6.10 Å². The number of carboxylic acid groups (broad SMARTS) is 1. The summed E-state index contributed by atoms with van der Waals surface area (Å²) in [6.07, 6.45) is -1.74. The van der Waals surface area contributed by atoms with Gasteiger partial charge in [-0.15, -0.1) is 0 Å². The van der Waals surface area contributed by atoms with Crippen molar-refractivity contribution in [3.05, 3.63) is 23.8 Å². The van der Waals surface area contributed by atoms with E-state index in [1.807, 2.05) is 0 Å². The fourth-order valence-corrected chi connectivity index (χ4v) is 1.20. The van der Waals surface area contributed by atoms with Crippen molar-refractivity contribution in [3.63, 3.8) is 0 Å². The van der Waals surface area contributed by atoms with Crippen LogP contribution in [-0.2, 0) is 4.79 Å². The first-order valence-electron chi connectivity index (χ1n) is 4.82. The lowest BCUT2D eigenvalue weighted by Crippen LogP contribution is -2.11. The number of aliphatic hydroxyl groups excluding tert-OH is 1. The van der Waals surface area contributed by atoms with E-state index < -0.39 is 12.1 Å². The summed E-state index contributed by atoms with van der Waals surface area (Å²) >= 11 is 0. The van der Waals surface area contributed by atoms with E-state index in [0.29, 0.717) is 0 Å². The standard InChI is InChI=1S/C11H14O5/c1-6(2)16-9-4-3-7(5-8(9)12)10(13)11(14)15/h3-6,10,12-13H,1-2H3,(H,14,15)/t10-/m1/s1. The number of phenols is 1. The number of hydrogen-bond acceptors (Lipinski definition) is 4. The van der Waals surface area contributed by atoms with Crippen LogP contribution >= 0.6 is 0 Å². The van der Waals surface area contributed by atoms with Gasteiger partial charge in [-0.3, -0.25) is 0 Å². The predicted octanol–water partition coefficient (Wildman–Crippen LogP) is 1.30. The molecule has 0 saturated carbocycles. The van der Waals surface area contributed by atoms with Gasteiger partial charge in [0.2, 0.25) is 0 Å². The third-order valence-electron chi connectivity index (χ3n) is 1.90. The molecular weight excluding hydrogens is 212 g/mol. The third kappa shape index (κ3) is 2.87. The highest BCUT2D eigenvalue weighted by molar-refractivity contribution is 5.74. The molecule has 3 N–H and O–H groups in total. The van der Waals surface area contributed by atoms with Crippen LogP contribution < -0.4 is 4.74 Å². The summed E-state index contributed by atoms with van der Waals surface area (Å²) < 4.78 is 5.26.